The molecule has 112 valence electrons. The molecule has 0 N–H and O–H groups in total. The maximum atomic E-state index is 6.23. The van der Waals surface area contributed by atoms with E-state index in [0.717, 1.165) is 18.4 Å². The van der Waals surface area contributed by atoms with E-state index in [2.05, 4.69) is 17.0 Å². The summed E-state index contributed by atoms with van der Waals surface area (Å²) in [5.74, 6) is -0.821. The van der Waals surface area contributed by atoms with Gasteiger partial charge in [-0.1, -0.05) is 37.1 Å². The fourth-order valence-corrected chi connectivity index (χ4v) is 2.71. The molecule has 1 aliphatic rings. The minimum absolute atomic E-state index is 0.106. The lowest BCUT2D eigenvalue weighted by Crippen LogP contribution is -2.33. The molecule has 0 radical (unpaired) electrons. The second-order valence-corrected chi connectivity index (χ2v) is 5.63. The fourth-order valence-electron chi connectivity index (χ4n) is 2.59. The van der Waals surface area contributed by atoms with Gasteiger partial charge in [0.2, 0.25) is 5.79 Å². The van der Waals surface area contributed by atoms with E-state index in [1.807, 2.05) is 24.3 Å². The van der Waals surface area contributed by atoms with Gasteiger partial charge in [-0.05, 0) is 18.6 Å². The van der Waals surface area contributed by atoms with Crippen molar-refractivity contribution in [1.82, 2.24) is 14.8 Å². The van der Waals surface area contributed by atoms with Gasteiger partial charge in [-0.25, -0.2) is 9.67 Å². The Labute approximate surface area is 128 Å². The van der Waals surface area contributed by atoms with Crippen LogP contribution in [0.4, 0.5) is 0 Å². The standard InChI is InChI=1S/C15H18ClN3O2/c1-2-3-14-8-20-15(21-14,9-19-11-17-10-18-19)12-4-6-13(16)7-5-12/h4-7,10-11,14H,2-3,8-9H2,1H3/t14?,15-/m0/s1. The normalized spacial score (nSPS) is 25.3. The molecule has 1 aromatic carbocycles. The van der Waals surface area contributed by atoms with Gasteiger partial charge < -0.3 is 9.47 Å². The molecule has 5 nitrogen and oxygen atoms in total. The first-order chi connectivity index (χ1) is 10.2. The van der Waals surface area contributed by atoms with Crippen LogP contribution in [0.5, 0.6) is 0 Å². The molecule has 3 rings (SSSR count). The molecular formula is C15H18ClN3O2. The summed E-state index contributed by atoms with van der Waals surface area (Å²) in [5, 5.41) is 4.85. The molecular weight excluding hydrogens is 290 g/mol. The van der Waals surface area contributed by atoms with Gasteiger partial charge in [0.15, 0.2) is 0 Å². The highest BCUT2D eigenvalue weighted by atomic mass is 35.5. The van der Waals surface area contributed by atoms with Crippen molar-refractivity contribution in [2.24, 2.45) is 0 Å². The molecule has 6 heteroatoms. The van der Waals surface area contributed by atoms with E-state index in [1.165, 1.54) is 6.33 Å². The fraction of sp³-hybridized carbons (Fsp3) is 0.467. The molecule has 0 spiro atoms. The summed E-state index contributed by atoms with van der Waals surface area (Å²) in [6.45, 7) is 3.20. The third-order valence-corrected chi connectivity index (χ3v) is 3.84. The molecule has 2 aromatic rings. The Morgan fingerprint density at radius 1 is 1.38 bits per heavy atom. The van der Waals surface area contributed by atoms with E-state index in [9.17, 15) is 0 Å². The Balaban J connectivity index is 1.89. The van der Waals surface area contributed by atoms with E-state index in [0.29, 0.717) is 18.2 Å². The Morgan fingerprint density at radius 3 is 2.86 bits per heavy atom. The molecule has 0 aliphatic carbocycles. The van der Waals surface area contributed by atoms with Crippen molar-refractivity contribution in [3.8, 4) is 0 Å². The van der Waals surface area contributed by atoms with Crippen LogP contribution < -0.4 is 0 Å². The minimum Gasteiger partial charge on any atom is -0.342 e. The Morgan fingerprint density at radius 2 is 2.19 bits per heavy atom. The number of hydrogen-bond donors (Lipinski definition) is 0. The van der Waals surface area contributed by atoms with Crippen molar-refractivity contribution in [2.45, 2.75) is 38.2 Å². The highest BCUT2D eigenvalue weighted by Crippen LogP contribution is 2.37. The third-order valence-electron chi connectivity index (χ3n) is 3.59. The molecule has 0 saturated carbocycles. The van der Waals surface area contributed by atoms with Crippen molar-refractivity contribution in [1.29, 1.82) is 0 Å². The van der Waals surface area contributed by atoms with E-state index in [1.54, 1.807) is 11.0 Å². The zero-order chi connectivity index (χ0) is 14.7. The Hall–Kier alpha value is -1.43. The summed E-state index contributed by atoms with van der Waals surface area (Å²) in [6.07, 6.45) is 5.32. The smallest absolute Gasteiger partial charge is 0.215 e. The monoisotopic (exact) mass is 307 g/mol. The third kappa shape index (κ3) is 3.10. The van der Waals surface area contributed by atoms with E-state index >= 15 is 0 Å². The van der Waals surface area contributed by atoms with Crippen molar-refractivity contribution in [2.75, 3.05) is 6.61 Å². The maximum absolute atomic E-state index is 6.23. The highest BCUT2D eigenvalue weighted by Gasteiger charge is 2.43. The van der Waals surface area contributed by atoms with E-state index in [4.69, 9.17) is 21.1 Å². The number of nitrogens with zero attached hydrogens (tertiary/aromatic N) is 3. The number of halogens is 1. The van der Waals surface area contributed by atoms with Gasteiger partial charge in [0, 0.05) is 10.6 Å². The molecule has 0 amide bonds. The van der Waals surface area contributed by atoms with Crippen LogP contribution in [-0.2, 0) is 21.8 Å². The first-order valence-electron chi connectivity index (χ1n) is 7.12. The van der Waals surface area contributed by atoms with Crippen molar-refractivity contribution < 1.29 is 9.47 Å². The van der Waals surface area contributed by atoms with Crippen LogP contribution >= 0.6 is 11.6 Å². The number of benzene rings is 1. The summed E-state index contributed by atoms with van der Waals surface area (Å²) in [6, 6.07) is 7.57. The zero-order valence-electron chi connectivity index (χ0n) is 11.9. The van der Waals surface area contributed by atoms with Crippen LogP contribution in [-0.4, -0.2) is 27.5 Å². The van der Waals surface area contributed by atoms with Gasteiger partial charge in [0.1, 0.15) is 19.2 Å². The van der Waals surface area contributed by atoms with Crippen LogP contribution in [0, 0.1) is 0 Å². The summed E-state index contributed by atoms with van der Waals surface area (Å²) >= 11 is 5.98. The Bertz CT molecular complexity index is 573. The zero-order valence-corrected chi connectivity index (χ0v) is 12.7. The minimum atomic E-state index is -0.821. The van der Waals surface area contributed by atoms with E-state index < -0.39 is 5.79 Å². The molecule has 1 aromatic heterocycles. The summed E-state index contributed by atoms with van der Waals surface area (Å²) < 4.78 is 14.0. The quantitative estimate of drug-likeness (QED) is 0.852. The Kier molecular flexibility index (Phi) is 4.24. The van der Waals surface area contributed by atoms with Crippen LogP contribution in [0.1, 0.15) is 25.3 Å². The predicted octanol–water partition coefficient (Wildman–Crippen LogP) is 3.00. The largest absolute Gasteiger partial charge is 0.342 e. The van der Waals surface area contributed by atoms with Crippen LogP contribution in [0.25, 0.3) is 0 Å². The number of aromatic nitrogens is 3. The van der Waals surface area contributed by atoms with Gasteiger partial charge in [0.25, 0.3) is 0 Å². The first-order valence-corrected chi connectivity index (χ1v) is 7.50. The lowest BCUT2D eigenvalue weighted by atomic mass is 10.1. The summed E-state index contributed by atoms with van der Waals surface area (Å²) in [7, 11) is 0. The SMILES string of the molecule is CCCC1CO[C@](Cn2cncn2)(c2ccc(Cl)cc2)O1. The lowest BCUT2D eigenvalue weighted by Gasteiger charge is -2.28. The van der Waals surface area contributed by atoms with E-state index in [-0.39, 0.29) is 6.10 Å². The number of rotatable bonds is 5. The first kappa shape index (κ1) is 14.5. The molecule has 21 heavy (non-hydrogen) atoms. The second-order valence-electron chi connectivity index (χ2n) is 5.19. The topological polar surface area (TPSA) is 49.2 Å². The predicted molar refractivity (Wildman–Crippen MR) is 78.9 cm³/mol. The average Bonchev–Trinajstić information content (AvgIpc) is 3.11. The second kappa shape index (κ2) is 6.13. The van der Waals surface area contributed by atoms with Crippen molar-refractivity contribution in [3.63, 3.8) is 0 Å². The van der Waals surface area contributed by atoms with Gasteiger partial charge in [-0.2, -0.15) is 5.10 Å². The van der Waals surface area contributed by atoms with Crippen LogP contribution in [0.2, 0.25) is 5.02 Å². The van der Waals surface area contributed by atoms with Crippen LogP contribution in [0.3, 0.4) is 0 Å². The van der Waals surface area contributed by atoms with Crippen LogP contribution in [0.15, 0.2) is 36.9 Å². The maximum Gasteiger partial charge on any atom is 0.215 e. The molecule has 2 atom stereocenters. The van der Waals surface area contributed by atoms with Gasteiger partial charge in [-0.15, -0.1) is 0 Å². The number of hydrogen-bond acceptors (Lipinski definition) is 4. The molecule has 0 bridgehead atoms. The van der Waals surface area contributed by atoms with Gasteiger partial charge >= 0.3 is 0 Å². The van der Waals surface area contributed by atoms with Crippen molar-refractivity contribution >= 4 is 11.6 Å². The highest BCUT2D eigenvalue weighted by molar-refractivity contribution is 6.30. The molecule has 2 heterocycles. The molecule has 1 unspecified atom stereocenters. The number of ether oxygens (including phenoxy) is 2. The molecule has 1 saturated heterocycles. The molecule has 1 fully saturated rings. The summed E-state index contributed by atoms with van der Waals surface area (Å²) in [5.41, 5.74) is 0.945. The van der Waals surface area contributed by atoms with Crippen molar-refractivity contribution in [3.05, 3.63) is 47.5 Å². The summed E-state index contributed by atoms with van der Waals surface area (Å²) in [4.78, 5) is 3.98. The lowest BCUT2D eigenvalue weighted by molar-refractivity contribution is -0.189. The average molecular weight is 308 g/mol. The van der Waals surface area contributed by atoms with Gasteiger partial charge in [0.05, 0.1) is 12.7 Å². The van der Waals surface area contributed by atoms with Gasteiger partial charge in [-0.3, -0.25) is 0 Å². The molecule has 1 aliphatic heterocycles.